The van der Waals surface area contributed by atoms with Gasteiger partial charge in [0.15, 0.2) is 0 Å². The molecule has 1 saturated heterocycles. The molecule has 0 radical (unpaired) electrons. The molecule has 1 aliphatic heterocycles. The summed E-state index contributed by atoms with van der Waals surface area (Å²) in [7, 11) is 0. The van der Waals surface area contributed by atoms with E-state index in [4.69, 9.17) is 5.10 Å². The lowest BCUT2D eigenvalue weighted by atomic mass is 10.1. The number of hydrogen-bond donors (Lipinski definition) is 1. The second-order valence-electron chi connectivity index (χ2n) is 6.94. The molecule has 1 N–H and O–H groups in total. The van der Waals surface area contributed by atoms with Gasteiger partial charge in [-0.15, -0.1) is 0 Å². The molecule has 23 heavy (non-hydrogen) atoms. The van der Waals surface area contributed by atoms with Crippen LogP contribution in [0.5, 0.6) is 0 Å². The zero-order chi connectivity index (χ0) is 15.6. The van der Waals surface area contributed by atoms with Crippen molar-refractivity contribution < 1.29 is 5.11 Å². The third-order valence-corrected chi connectivity index (χ3v) is 5.23. The summed E-state index contributed by atoms with van der Waals surface area (Å²) >= 11 is 0. The minimum Gasteiger partial charge on any atom is -0.392 e. The predicted octanol–water partition coefficient (Wildman–Crippen LogP) is 3.23. The predicted molar refractivity (Wildman–Crippen MR) is 91.1 cm³/mol. The molecule has 2 fully saturated rings. The SMILES string of the molecule is O[C@H]1CCN(Cc2cnn(C3CCCC3)c2-c2ccccc2)C1. The van der Waals surface area contributed by atoms with Gasteiger partial charge in [0.25, 0.3) is 0 Å². The zero-order valence-electron chi connectivity index (χ0n) is 13.6. The van der Waals surface area contributed by atoms with Crippen molar-refractivity contribution in [3.05, 3.63) is 42.1 Å². The van der Waals surface area contributed by atoms with Gasteiger partial charge in [-0.05, 0) is 19.3 Å². The van der Waals surface area contributed by atoms with Gasteiger partial charge in [-0.2, -0.15) is 5.10 Å². The Bertz CT molecular complexity index is 646. The first-order chi connectivity index (χ1) is 11.3. The molecule has 1 atom stereocenters. The van der Waals surface area contributed by atoms with Crippen LogP contribution >= 0.6 is 0 Å². The molecule has 4 nitrogen and oxygen atoms in total. The highest BCUT2D eigenvalue weighted by molar-refractivity contribution is 5.63. The molecule has 1 aromatic heterocycles. The summed E-state index contributed by atoms with van der Waals surface area (Å²) in [4.78, 5) is 2.34. The Morgan fingerprint density at radius 3 is 2.57 bits per heavy atom. The topological polar surface area (TPSA) is 41.3 Å². The van der Waals surface area contributed by atoms with Gasteiger partial charge < -0.3 is 5.11 Å². The van der Waals surface area contributed by atoms with E-state index in [2.05, 4.69) is 39.9 Å². The molecule has 122 valence electrons. The van der Waals surface area contributed by atoms with E-state index in [9.17, 15) is 5.11 Å². The maximum Gasteiger partial charge on any atom is 0.0730 e. The van der Waals surface area contributed by atoms with Crippen LogP contribution in [0.4, 0.5) is 0 Å². The van der Waals surface area contributed by atoms with Gasteiger partial charge >= 0.3 is 0 Å². The summed E-state index contributed by atoms with van der Waals surface area (Å²) in [5, 5.41) is 14.5. The second-order valence-corrected chi connectivity index (χ2v) is 6.94. The molecule has 1 saturated carbocycles. The summed E-state index contributed by atoms with van der Waals surface area (Å²) < 4.78 is 2.27. The molecule has 0 amide bonds. The number of β-amino-alcohol motifs (C(OH)–C–C–N with tert-alkyl or cyclic N) is 1. The molecular weight excluding hydrogens is 286 g/mol. The second kappa shape index (κ2) is 6.46. The number of benzene rings is 1. The Morgan fingerprint density at radius 2 is 1.87 bits per heavy atom. The van der Waals surface area contributed by atoms with Crippen LogP contribution in [-0.4, -0.2) is 39.0 Å². The largest absolute Gasteiger partial charge is 0.392 e. The van der Waals surface area contributed by atoms with E-state index < -0.39 is 0 Å². The normalized spacial score (nSPS) is 22.9. The summed E-state index contributed by atoms with van der Waals surface area (Å²) in [5.74, 6) is 0. The van der Waals surface area contributed by atoms with E-state index in [1.165, 1.54) is 42.5 Å². The molecule has 0 spiro atoms. The minimum atomic E-state index is -0.167. The lowest BCUT2D eigenvalue weighted by Crippen LogP contribution is -2.21. The van der Waals surface area contributed by atoms with Crippen molar-refractivity contribution in [2.75, 3.05) is 13.1 Å². The fourth-order valence-electron chi connectivity index (χ4n) is 4.05. The van der Waals surface area contributed by atoms with E-state index in [1.54, 1.807) is 0 Å². The Hall–Kier alpha value is -1.65. The molecule has 0 unspecified atom stereocenters. The van der Waals surface area contributed by atoms with E-state index in [-0.39, 0.29) is 6.10 Å². The number of aromatic nitrogens is 2. The summed E-state index contributed by atoms with van der Waals surface area (Å²) in [6, 6.07) is 11.2. The number of nitrogens with zero attached hydrogens (tertiary/aromatic N) is 3. The highest BCUT2D eigenvalue weighted by atomic mass is 16.3. The van der Waals surface area contributed by atoms with Crippen LogP contribution in [0.1, 0.15) is 43.7 Å². The van der Waals surface area contributed by atoms with Gasteiger partial charge in [-0.1, -0.05) is 43.2 Å². The fraction of sp³-hybridized carbons (Fsp3) is 0.526. The van der Waals surface area contributed by atoms with E-state index >= 15 is 0 Å². The quantitative estimate of drug-likeness (QED) is 0.942. The summed E-state index contributed by atoms with van der Waals surface area (Å²) in [5.41, 5.74) is 3.82. The molecule has 1 aromatic carbocycles. The Labute approximate surface area is 137 Å². The highest BCUT2D eigenvalue weighted by Gasteiger charge is 2.26. The van der Waals surface area contributed by atoms with Crippen LogP contribution in [0.25, 0.3) is 11.3 Å². The van der Waals surface area contributed by atoms with Crippen LogP contribution in [0.2, 0.25) is 0 Å². The van der Waals surface area contributed by atoms with Crippen LogP contribution in [0.3, 0.4) is 0 Å². The van der Waals surface area contributed by atoms with Gasteiger partial charge in [0.1, 0.15) is 0 Å². The van der Waals surface area contributed by atoms with Gasteiger partial charge in [-0.25, -0.2) is 0 Å². The molecule has 1 aliphatic carbocycles. The average Bonchev–Trinajstić information content (AvgIpc) is 3.29. The minimum absolute atomic E-state index is 0.167. The molecular formula is C19H25N3O. The maximum atomic E-state index is 9.78. The molecule has 2 aromatic rings. The van der Waals surface area contributed by atoms with Crippen molar-refractivity contribution in [1.82, 2.24) is 14.7 Å². The third kappa shape index (κ3) is 3.06. The van der Waals surface area contributed by atoms with Crippen LogP contribution in [0, 0.1) is 0 Å². The Balaban J connectivity index is 1.68. The van der Waals surface area contributed by atoms with Gasteiger partial charge in [0.05, 0.1) is 24.0 Å². The van der Waals surface area contributed by atoms with Gasteiger partial charge in [0, 0.05) is 30.8 Å². The van der Waals surface area contributed by atoms with E-state index in [1.807, 2.05) is 6.20 Å². The van der Waals surface area contributed by atoms with Crippen molar-refractivity contribution in [2.24, 2.45) is 0 Å². The van der Waals surface area contributed by atoms with Crippen molar-refractivity contribution in [2.45, 2.75) is 50.8 Å². The van der Waals surface area contributed by atoms with E-state index in [0.717, 1.165) is 26.1 Å². The number of rotatable bonds is 4. The Morgan fingerprint density at radius 1 is 1.09 bits per heavy atom. The van der Waals surface area contributed by atoms with Gasteiger partial charge in [0.2, 0.25) is 0 Å². The highest BCUT2D eigenvalue weighted by Crippen LogP contribution is 2.35. The number of aliphatic hydroxyl groups is 1. The molecule has 0 bridgehead atoms. The summed E-state index contributed by atoms with van der Waals surface area (Å²) in [6.45, 7) is 2.64. The number of likely N-dealkylation sites (tertiary alicyclic amines) is 1. The lowest BCUT2D eigenvalue weighted by molar-refractivity contribution is 0.175. The number of aliphatic hydroxyl groups excluding tert-OH is 1. The summed E-state index contributed by atoms with van der Waals surface area (Å²) in [6.07, 6.45) is 7.87. The van der Waals surface area contributed by atoms with Crippen molar-refractivity contribution in [3.63, 3.8) is 0 Å². The molecule has 2 aliphatic rings. The maximum absolute atomic E-state index is 9.78. The van der Waals surface area contributed by atoms with Crippen molar-refractivity contribution >= 4 is 0 Å². The molecule has 4 heteroatoms. The fourth-order valence-corrected chi connectivity index (χ4v) is 4.05. The third-order valence-electron chi connectivity index (χ3n) is 5.23. The first kappa shape index (κ1) is 14.9. The van der Waals surface area contributed by atoms with Crippen LogP contribution in [0.15, 0.2) is 36.5 Å². The lowest BCUT2D eigenvalue weighted by Gasteiger charge is -2.18. The van der Waals surface area contributed by atoms with Crippen LogP contribution in [-0.2, 0) is 6.54 Å². The standard InChI is InChI=1S/C19H25N3O/c23-18-10-11-21(14-18)13-16-12-20-22(17-8-4-5-9-17)19(16)15-6-2-1-3-7-15/h1-3,6-7,12,17-18,23H,4-5,8-11,13-14H2/t18-/m0/s1. The average molecular weight is 311 g/mol. The molecule has 4 rings (SSSR count). The van der Waals surface area contributed by atoms with Gasteiger partial charge in [-0.3, -0.25) is 9.58 Å². The van der Waals surface area contributed by atoms with E-state index in [0.29, 0.717) is 6.04 Å². The molecule has 2 heterocycles. The first-order valence-corrected chi connectivity index (χ1v) is 8.83. The van der Waals surface area contributed by atoms with Crippen LogP contribution < -0.4 is 0 Å². The zero-order valence-corrected chi connectivity index (χ0v) is 13.6. The monoisotopic (exact) mass is 311 g/mol. The van der Waals surface area contributed by atoms with Crippen molar-refractivity contribution in [3.8, 4) is 11.3 Å². The number of hydrogen-bond acceptors (Lipinski definition) is 3. The smallest absolute Gasteiger partial charge is 0.0730 e. The Kier molecular flexibility index (Phi) is 4.19. The van der Waals surface area contributed by atoms with Crippen molar-refractivity contribution in [1.29, 1.82) is 0 Å². The first-order valence-electron chi connectivity index (χ1n) is 8.83.